The number of aromatic nitrogens is 1. The molecular formula is C23H23ClN2O4. The Morgan fingerprint density at radius 2 is 1.90 bits per heavy atom. The van der Waals surface area contributed by atoms with Crippen LogP contribution in [-0.4, -0.2) is 46.6 Å². The number of carbonyl (C=O) groups is 2. The van der Waals surface area contributed by atoms with Crippen LogP contribution in [0.25, 0.3) is 10.9 Å². The van der Waals surface area contributed by atoms with E-state index in [1.165, 1.54) is 5.56 Å². The second-order valence-electron chi connectivity index (χ2n) is 7.53. The van der Waals surface area contributed by atoms with Gasteiger partial charge in [0, 0.05) is 29.7 Å². The van der Waals surface area contributed by atoms with E-state index >= 15 is 0 Å². The van der Waals surface area contributed by atoms with Crippen molar-refractivity contribution >= 4 is 34.4 Å². The van der Waals surface area contributed by atoms with Crippen LogP contribution in [0.3, 0.4) is 0 Å². The van der Waals surface area contributed by atoms with Crippen LogP contribution in [0.1, 0.15) is 34.7 Å². The first-order chi connectivity index (χ1) is 14.5. The molecule has 0 aliphatic carbocycles. The fourth-order valence-electron chi connectivity index (χ4n) is 4.28. The van der Waals surface area contributed by atoms with E-state index in [0.717, 1.165) is 24.0 Å². The van der Waals surface area contributed by atoms with Gasteiger partial charge in [-0.1, -0.05) is 35.9 Å². The Morgan fingerprint density at radius 3 is 2.60 bits per heavy atom. The summed E-state index contributed by atoms with van der Waals surface area (Å²) in [7, 11) is 1.68. The molecule has 3 aromatic rings. The van der Waals surface area contributed by atoms with Crippen LogP contribution < -0.4 is 4.74 Å². The van der Waals surface area contributed by atoms with E-state index in [2.05, 4.69) is 6.07 Å². The van der Waals surface area contributed by atoms with E-state index in [1.807, 2.05) is 23.1 Å². The van der Waals surface area contributed by atoms with Gasteiger partial charge in [-0.3, -0.25) is 9.59 Å². The number of ether oxygens (including phenoxy) is 1. The molecule has 30 heavy (non-hydrogen) atoms. The maximum absolute atomic E-state index is 13.3. The van der Waals surface area contributed by atoms with Crippen molar-refractivity contribution in [3.05, 3.63) is 64.8 Å². The number of rotatable bonds is 5. The summed E-state index contributed by atoms with van der Waals surface area (Å²) in [5.41, 5.74) is 2.34. The SMILES string of the molecule is COc1ccccc1C1CCN(C(=O)c2cn(CC(=O)O)c3cc(Cl)ccc23)CC1. The predicted molar refractivity (Wildman–Crippen MR) is 115 cm³/mol. The third kappa shape index (κ3) is 3.87. The standard InChI is InChI=1S/C23H23ClN2O4/c1-30-21-5-3-2-4-17(21)15-8-10-25(11-9-15)23(29)19-13-26(14-22(27)28)20-12-16(24)6-7-18(19)20/h2-7,12-13,15H,8-11,14H2,1H3,(H,27,28). The number of nitrogens with zero attached hydrogens (tertiary/aromatic N) is 2. The Hall–Kier alpha value is -2.99. The Balaban J connectivity index is 1.56. The van der Waals surface area contributed by atoms with E-state index < -0.39 is 5.97 Å². The number of benzene rings is 2. The zero-order valence-electron chi connectivity index (χ0n) is 16.7. The molecule has 1 aliphatic heterocycles. The molecule has 0 unspecified atom stereocenters. The van der Waals surface area contributed by atoms with Gasteiger partial charge in [-0.2, -0.15) is 0 Å². The van der Waals surface area contributed by atoms with Gasteiger partial charge < -0.3 is 19.3 Å². The highest BCUT2D eigenvalue weighted by molar-refractivity contribution is 6.31. The molecule has 1 saturated heterocycles. The van der Waals surface area contributed by atoms with Crippen molar-refractivity contribution in [3.8, 4) is 5.75 Å². The maximum Gasteiger partial charge on any atom is 0.323 e. The second-order valence-corrected chi connectivity index (χ2v) is 7.97. The van der Waals surface area contributed by atoms with Gasteiger partial charge in [0.2, 0.25) is 0 Å². The summed E-state index contributed by atoms with van der Waals surface area (Å²) in [6.45, 7) is 1.06. The molecule has 1 aromatic heterocycles. The molecule has 1 fully saturated rings. The van der Waals surface area contributed by atoms with Gasteiger partial charge in [-0.15, -0.1) is 0 Å². The van der Waals surface area contributed by atoms with Gasteiger partial charge in [0.15, 0.2) is 0 Å². The van der Waals surface area contributed by atoms with Crippen molar-refractivity contribution in [1.29, 1.82) is 0 Å². The zero-order chi connectivity index (χ0) is 21.3. The van der Waals surface area contributed by atoms with Gasteiger partial charge in [0.1, 0.15) is 12.3 Å². The molecule has 0 bridgehead atoms. The number of amides is 1. The number of carboxylic acids is 1. The van der Waals surface area contributed by atoms with Crippen molar-refractivity contribution in [3.63, 3.8) is 0 Å². The molecule has 0 spiro atoms. The average Bonchev–Trinajstić information content (AvgIpc) is 3.10. The number of carbonyl (C=O) groups excluding carboxylic acids is 1. The van der Waals surface area contributed by atoms with Crippen molar-refractivity contribution in [2.45, 2.75) is 25.3 Å². The lowest BCUT2D eigenvalue weighted by Gasteiger charge is -2.32. The van der Waals surface area contributed by atoms with Gasteiger partial charge >= 0.3 is 5.97 Å². The number of hydrogen-bond acceptors (Lipinski definition) is 3. The summed E-state index contributed by atoms with van der Waals surface area (Å²) in [5.74, 6) is 0.182. The quantitative estimate of drug-likeness (QED) is 0.656. The number of para-hydroxylation sites is 1. The number of halogens is 1. The number of hydrogen-bond donors (Lipinski definition) is 1. The molecule has 2 aromatic carbocycles. The van der Waals surface area contributed by atoms with Gasteiger partial charge in [-0.05, 0) is 42.5 Å². The zero-order valence-corrected chi connectivity index (χ0v) is 17.4. The summed E-state index contributed by atoms with van der Waals surface area (Å²) >= 11 is 6.10. The van der Waals surface area contributed by atoms with Crippen LogP contribution in [0.5, 0.6) is 5.75 Å². The lowest BCUT2D eigenvalue weighted by Crippen LogP contribution is -2.37. The Morgan fingerprint density at radius 1 is 1.17 bits per heavy atom. The second kappa shape index (κ2) is 8.40. The Kier molecular flexibility index (Phi) is 5.68. The van der Waals surface area contributed by atoms with Crippen molar-refractivity contribution in [2.75, 3.05) is 20.2 Å². The number of fused-ring (bicyclic) bond motifs is 1. The largest absolute Gasteiger partial charge is 0.496 e. The molecule has 0 radical (unpaired) electrons. The van der Waals surface area contributed by atoms with Crippen molar-refractivity contribution in [1.82, 2.24) is 9.47 Å². The predicted octanol–water partition coefficient (Wildman–Crippen LogP) is 4.41. The minimum Gasteiger partial charge on any atom is -0.496 e. The summed E-state index contributed by atoms with van der Waals surface area (Å²) < 4.78 is 7.06. The minimum atomic E-state index is -0.969. The summed E-state index contributed by atoms with van der Waals surface area (Å²) in [5, 5.41) is 10.4. The molecule has 7 heteroatoms. The number of aliphatic carboxylic acids is 1. The third-order valence-electron chi connectivity index (χ3n) is 5.74. The van der Waals surface area contributed by atoms with E-state index in [1.54, 1.807) is 36.1 Å². The van der Waals surface area contributed by atoms with Crippen LogP contribution in [0, 0.1) is 0 Å². The van der Waals surface area contributed by atoms with E-state index in [9.17, 15) is 14.7 Å². The molecule has 6 nitrogen and oxygen atoms in total. The molecule has 1 N–H and O–H groups in total. The fraction of sp³-hybridized carbons (Fsp3) is 0.304. The van der Waals surface area contributed by atoms with E-state index in [0.29, 0.717) is 35.1 Å². The number of carboxylic acid groups (broad SMARTS) is 1. The highest BCUT2D eigenvalue weighted by atomic mass is 35.5. The lowest BCUT2D eigenvalue weighted by molar-refractivity contribution is -0.137. The van der Waals surface area contributed by atoms with Gasteiger partial charge in [-0.25, -0.2) is 0 Å². The van der Waals surface area contributed by atoms with Gasteiger partial charge in [0.25, 0.3) is 5.91 Å². The van der Waals surface area contributed by atoms with Crippen LogP contribution in [0.4, 0.5) is 0 Å². The van der Waals surface area contributed by atoms with E-state index in [4.69, 9.17) is 16.3 Å². The van der Waals surface area contributed by atoms with Crippen molar-refractivity contribution < 1.29 is 19.4 Å². The van der Waals surface area contributed by atoms with Crippen molar-refractivity contribution in [2.24, 2.45) is 0 Å². The van der Waals surface area contributed by atoms with Crippen LogP contribution in [0.2, 0.25) is 5.02 Å². The highest BCUT2D eigenvalue weighted by Gasteiger charge is 2.28. The topological polar surface area (TPSA) is 71.8 Å². The first kappa shape index (κ1) is 20.3. The fourth-order valence-corrected chi connectivity index (χ4v) is 4.45. The summed E-state index contributed by atoms with van der Waals surface area (Å²) in [6, 6.07) is 13.2. The Labute approximate surface area is 179 Å². The third-order valence-corrected chi connectivity index (χ3v) is 5.98. The highest BCUT2D eigenvalue weighted by Crippen LogP contribution is 2.35. The number of piperidine rings is 1. The lowest BCUT2D eigenvalue weighted by atomic mass is 9.88. The molecule has 1 aliphatic rings. The number of methoxy groups -OCH3 is 1. The molecular weight excluding hydrogens is 404 g/mol. The normalized spacial score (nSPS) is 14.8. The monoisotopic (exact) mass is 426 g/mol. The number of likely N-dealkylation sites (tertiary alicyclic amines) is 1. The summed E-state index contributed by atoms with van der Waals surface area (Å²) in [6.07, 6.45) is 3.33. The molecule has 156 valence electrons. The molecule has 1 amide bonds. The molecule has 2 heterocycles. The van der Waals surface area contributed by atoms with E-state index in [-0.39, 0.29) is 12.5 Å². The molecule has 0 saturated carbocycles. The van der Waals surface area contributed by atoms with Crippen LogP contribution in [-0.2, 0) is 11.3 Å². The summed E-state index contributed by atoms with van der Waals surface area (Å²) in [4.78, 5) is 26.4. The first-order valence-electron chi connectivity index (χ1n) is 9.90. The maximum atomic E-state index is 13.3. The molecule has 0 atom stereocenters. The average molecular weight is 427 g/mol. The Bertz CT molecular complexity index is 1100. The van der Waals surface area contributed by atoms with Crippen LogP contribution >= 0.6 is 11.6 Å². The minimum absolute atomic E-state index is 0.0788. The van der Waals surface area contributed by atoms with Crippen LogP contribution in [0.15, 0.2) is 48.7 Å². The first-order valence-corrected chi connectivity index (χ1v) is 10.3. The molecule has 4 rings (SSSR count). The van der Waals surface area contributed by atoms with Gasteiger partial charge in [0.05, 0.1) is 18.2 Å². The smallest absolute Gasteiger partial charge is 0.323 e.